The molecule has 1 aromatic carbocycles. The number of benzene rings is 1. The van der Waals surface area contributed by atoms with E-state index >= 15 is 0 Å². The monoisotopic (exact) mass is 379 g/mol. The molecule has 27 heavy (non-hydrogen) atoms. The van der Waals surface area contributed by atoms with Gasteiger partial charge in [-0.25, -0.2) is 9.67 Å². The van der Waals surface area contributed by atoms with Crippen molar-refractivity contribution < 1.29 is 4.79 Å². The summed E-state index contributed by atoms with van der Waals surface area (Å²) in [5, 5.41) is 9.55. The SMILES string of the molecule is Cc1nc2ccc(Cl)cc2cc1C(=O)Nc1cnc2c(cnn2C(C)C)c1. The van der Waals surface area contributed by atoms with Gasteiger partial charge >= 0.3 is 0 Å². The Morgan fingerprint density at radius 1 is 1.15 bits per heavy atom. The number of fused-ring (bicyclic) bond motifs is 2. The molecule has 136 valence electrons. The van der Waals surface area contributed by atoms with E-state index in [0.717, 1.165) is 21.9 Å². The van der Waals surface area contributed by atoms with E-state index in [9.17, 15) is 4.79 Å². The van der Waals surface area contributed by atoms with Crippen molar-refractivity contribution in [1.82, 2.24) is 19.7 Å². The van der Waals surface area contributed by atoms with Gasteiger partial charge in [0.2, 0.25) is 0 Å². The maximum atomic E-state index is 12.8. The molecule has 1 amide bonds. The van der Waals surface area contributed by atoms with Crippen molar-refractivity contribution in [1.29, 1.82) is 0 Å². The number of carbonyl (C=O) groups is 1. The smallest absolute Gasteiger partial charge is 0.257 e. The first-order chi connectivity index (χ1) is 12.9. The fourth-order valence-electron chi connectivity index (χ4n) is 3.06. The Labute approximate surface area is 161 Å². The van der Waals surface area contributed by atoms with Crippen LogP contribution in [0, 0.1) is 6.92 Å². The Kier molecular flexibility index (Phi) is 4.28. The fraction of sp³-hybridized carbons (Fsp3) is 0.200. The molecule has 0 aliphatic carbocycles. The lowest BCUT2D eigenvalue weighted by Crippen LogP contribution is -2.14. The van der Waals surface area contributed by atoms with E-state index in [1.54, 1.807) is 24.5 Å². The van der Waals surface area contributed by atoms with E-state index in [-0.39, 0.29) is 11.9 Å². The predicted octanol–water partition coefficient (Wildman–Crippen LogP) is 4.77. The van der Waals surface area contributed by atoms with E-state index in [1.165, 1.54) is 0 Å². The third-order valence-corrected chi connectivity index (χ3v) is 4.63. The van der Waals surface area contributed by atoms with E-state index in [4.69, 9.17) is 11.6 Å². The molecule has 4 aromatic rings. The highest BCUT2D eigenvalue weighted by atomic mass is 35.5. The van der Waals surface area contributed by atoms with Gasteiger partial charge in [-0.05, 0) is 51.1 Å². The Morgan fingerprint density at radius 3 is 2.74 bits per heavy atom. The van der Waals surface area contributed by atoms with Gasteiger partial charge in [0.05, 0.1) is 34.9 Å². The van der Waals surface area contributed by atoms with Crippen LogP contribution < -0.4 is 5.32 Å². The second-order valence-corrected chi connectivity index (χ2v) is 7.17. The third kappa shape index (κ3) is 3.24. The van der Waals surface area contributed by atoms with Crippen LogP contribution in [0.1, 0.15) is 35.9 Å². The minimum atomic E-state index is -0.237. The van der Waals surface area contributed by atoms with Crippen molar-refractivity contribution in [3.05, 3.63) is 59.0 Å². The van der Waals surface area contributed by atoms with Gasteiger partial charge < -0.3 is 5.32 Å². The van der Waals surface area contributed by atoms with Gasteiger partial charge in [-0.15, -0.1) is 0 Å². The van der Waals surface area contributed by atoms with Crippen molar-refractivity contribution in [3.63, 3.8) is 0 Å². The Morgan fingerprint density at radius 2 is 1.96 bits per heavy atom. The number of pyridine rings is 2. The minimum absolute atomic E-state index is 0.216. The van der Waals surface area contributed by atoms with Crippen LogP contribution in [0.25, 0.3) is 21.9 Å². The van der Waals surface area contributed by atoms with Gasteiger partial charge in [-0.1, -0.05) is 11.6 Å². The minimum Gasteiger partial charge on any atom is -0.321 e. The number of anilines is 1. The van der Waals surface area contributed by atoms with E-state index < -0.39 is 0 Å². The number of nitrogens with one attached hydrogen (secondary N) is 1. The maximum Gasteiger partial charge on any atom is 0.257 e. The molecule has 1 N–H and O–H groups in total. The normalized spacial score (nSPS) is 11.4. The van der Waals surface area contributed by atoms with Gasteiger partial charge in [-0.3, -0.25) is 9.78 Å². The van der Waals surface area contributed by atoms with E-state index in [1.807, 2.05) is 43.7 Å². The first-order valence-electron chi connectivity index (χ1n) is 8.64. The summed E-state index contributed by atoms with van der Waals surface area (Å²) in [6.45, 7) is 5.91. The zero-order chi connectivity index (χ0) is 19.1. The summed E-state index contributed by atoms with van der Waals surface area (Å²) in [6, 6.07) is 9.32. The molecule has 0 radical (unpaired) electrons. The van der Waals surface area contributed by atoms with Crippen molar-refractivity contribution in [2.75, 3.05) is 5.32 Å². The Hall–Kier alpha value is -2.99. The summed E-state index contributed by atoms with van der Waals surface area (Å²) in [7, 11) is 0. The van der Waals surface area contributed by atoms with Crippen molar-refractivity contribution in [2.24, 2.45) is 0 Å². The van der Waals surface area contributed by atoms with Gasteiger partial charge in [-0.2, -0.15) is 5.10 Å². The maximum absolute atomic E-state index is 12.8. The van der Waals surface area contributed by atoms with Crippen LogP contribution in [-0.2, 0) is 0 Å². The van der Waals surface area contributed by atoms with Gasteiger partial charge in [0.1, 0.15) is 0 Å². The lowest BCUT2D eigenvalue weighted by Gasteiger charge is -2.10. The predicted molar refractivity (Wildman–Crippen MR) is 107 cm³/mol. The number of carbonyl (C=O) groups excluding carboxylic acids is 1. The van der Waals surface area contributed by atoms with Crippen LogP contribution in [-0.4, -0.2) is 25.7 Å². The standard InChI is InChI=1S/C20H18ClN5O/c1-11(2)26-19-14(9-23-26)7-16(10-22-19)25-20(27)17-8-13-6-15(21)4-5-18(13)24-12(17)3/h4-11H,1-3H3,(H,25,27). The summed E-state index contributed by atoms with van der Waals surface area (Å²) in [5.74, 6) is -0.237. The molecule has 4 rings (SSSR count). The molecule has 7 heteroatoms. The van der Waals surface area contributed by atoms with E-state index in [2.05, 4.69) is 20.4 Å². The number of hydrogen-bond acceptors (Lipinski definition) is 4. The third-order valence-electron chi connectivity index (χ3n) is 4.39. The Bertz CT molecular complexity index is 1180. The number of rotatable bonds is 3. The molecule has 0 unspecified atom stereocenters. The lowest BCUT2D eigenvalue weighted by atomic mass is 10.1. The van der Waals surface area contributed by atoms with E-state index in [0.29, 0.717) is 22.0 Å². The zero-order valence-corrected chi connectivity index (χ0v) is 15.9. The van der Waals surface area contributed by atoms with Crippen LogP contribution in [0.5, 0.6) is 0 Å². The molecule has 0 bridgehead atoms. The van der Waals surface area contributed by atoms with Crippen molar-refractivity contribution in [2.45, 2.75) is 26.8 Å². The summed E-state index contributed by atoms with van der Waals surface area (Å²) in [4.78, 5) is 21.7. The number of amides is 1. The van der Waals surface area contributed by atoms with Crippen LogP contribution in [0.3, 0.4) is 0 Å². The molecule has 6 nitrogen and oxygen atoms in total. The number of hydrogen-bond donors (Lipinski definition) is 1. The molecule has 0 spiro atoms. The number of aryl methyl sites for hydroxylation is 1. The molecule has 0 aliphatic rings. The Balaban J connectivity index is 1.66. The molecule has 0 atom stereocenters. The molecule has 0 fully saturated rings. The average molecular weight is 380 g/mol. The largest absolute Gasteiger partial charge is 0.321 e. The van der Waals surface area contributed by atoms with Crippen LogP contribution in [0.15, 0.2) is 42.7 Å². The highest BCUT2D eigenvalue weighted by Crippen LogP contribution is 2.23. The average Bonchev–Trinajstić information content (AvgIpc) is 3.05. The van der Waals surface area contributed by atoms with Crippen LogP contribution in [0.2, 0.25) is 5.02 Å². The summed E-state index contributed by atoms with van der Waals surface area (Å²) < 4.78 is 1.85. The van der Waals surface area contributed by atoms with Crippen molar-refractivity contribution >= 4 is 45.1 Å². The molecule has 3 heterocycles. The zero-order valence-electron chi connectivity index (χ0n) is 15.2. The first-order valence-corrected chi connectivity index (χ1v) is 9.01. The quantitative estimate of drug-likeness (QED) is 0.556. The second-order valence-electron chi connectivity index (χ2n) is 6.73. The molecule has 0 aliphatic heterocycles. The fourth-order valence-corrected chi connectivity index (χ4v) is 3.24. The highest BCUT2D eigenvalue weighted by Gasteiger charge is 2.14. The second kappa shape index (κ2) is 6.63. The lowest BCUT2D eigenvalue weighted by molar-refractivity contribution is 0.102. The number of halogens is 1. The van der Waals surface area contributed by atoms with Gasteiger partial charge in [0, 0.05) is 21.8 Å². The summed E-state index contributed by atoms with van der Waals surface area (Å²) >= 11 is 6.06. The topological polar surface area (TPSA) is 72.7 Å². The summed E-state index contributed by atoms with van der Waals surface area (Å²) in [6.07, 6.45) is 3.39. The molecular formula is C20H18ClN5O. The summed E-state index contributed by atoms with van der Waals surface area (Å²) in [5.41, 5.74) is 3.37. The first kappa shape index (κ1) is 17.4. The van der Waals surface area contributed by atoms with Crippen LogP contribution >= 0.6 is 11.6 Å². The number of nitrogens with zero attached hydrogens (tertiary/aromatic N) is 4. The van der Waals surface area contributed by atoms with Gasteiger partial charge in [0.25, 0.3) is 5.91 Å². The molecule has 3 aromatic heterocycles. The van der Waals surface area contributed by atoms with Crippen molar-refractivity contribution in [3.8, 4) is 0 Å². The van der Waals surface area contributed by atoms with Gasteiger partial charge in [0.15, 0.2) is 5.65 Å². The molecule has 0 saturated heterocycles. The molecular weight excluding hydrogens is 362 g/mol. The molecule has 0 saturated carbocycles. The van der Waals surface area contributed by atoms with Crippen LogP contribution in [0.4, 0.5) is 5.69 Å². The highest BCUT2D eigenvalue weighted by molar-refractivity contribution is 6.31. The number of aromatic nitrogens is 4.